The number of rotatable bonds is 6. The van der Waals surface area contributed by atoms with E-state index in [1.54, 1.807) is 0 Å². The monoisotopic (exact) mass is 309 g/mol. The summed E-state index contributed by atoms with van der Waals surface area (Å²) in [5.74, 6) is 0.511. The fourth-order valence-electron chi connectivity index (χ4n) is 2.35. The second-order valence-electron chi connectivity index (χ2n) is 5.65. The van der Waals surface area contributed by atoms with Gasteiger partial charge in [-0.05, 0) is 24.6 Å². The highest BCUT2D eigenvalue weighted by atomic mass is 32.1. The first kappa shape index (κ1) is 15.8. The minimum absolute atomic E-state index is 0.0535. The fourth-order valence-corrected chi connectivity index (χ4v) is 2.63. The zero-order chi connectivity index (χ0) is 15.6. The number of aryl methyl sites for hydroxylation is 3. The smallest absolute Gasteiger partial charge is 0.221 e. The van der Waals surface area contributed by atoms with Crippen molar-refractivity contribution in [3.63, 3.8) is 0 Å². The third-order valence-electron chi connectivity index (χ3n) is 3.43. The fraction of sp³-hybridized carbons (Fsp3) is 0.643. The molecule has 0 radical (unpaired) electrons. The van der Waals surface area contributed by atoms with Crippen LogP contribution in [0.1, 0.15) is 32.9 Å². The third kappa shape index (κ3) is 3.34. The van der Waals surface area contributed by atoms with E-state index in [9.17, 15) is 4.79 Å². The van der Waals surface area contributed by atoms with Crippen LogP contribution in [0.3, 0.4) is 0 Å². The summed E-state index contributed by atoms with van der Waals surface area (Å²) in [6.07, 6.45) is 1.27. The average molecular weight is 309 g/mol. The summed E-state index contributed by atoms with van der Waals surface area (Å²) in [5, 5.41) is 7.40. The number of aromatic nitrogens is 4. The molecule has 0 saturated carbocycles. The van der Waals surface area contributed by atoms with E-state index in [1.165, 1.54) is 0 Å². The maximum atomic E-state index is 11.8. The summed E-state index contributed by atoms with van der Waals surface area (Å²) in [6.45, 7) is 7.49. The molecule has 0 bridgehead atoms. The number of amides is 1. The van der Waals surface area contributed by atoms with Crippen molar-refractivity contribution in [1.82, 2.24) is 24.6 Å². The molecule has 2 heterocycles. The van der Waals surface area contributed by atoms with Crippen LogP contribution in [0.2, 0.25) is 0 Å². The number of carbonyl (C=O) groups is 1. The summed E-state index contributed by atoms with van der Waals surface area (Å²) < 4.78 is 4.42. The Kier molecular flexibility index (Phi) is 4.82. The van der Waals surface area contributed by atoms with Gasteiger partial charge in [0, 0.05) is 26.6 Å². The molecule has 0 aromatic carbocycles. The lowest BCUT2D eigenvalue weighted by Crippen LogP contribution is -2.28. The second kappa shape index (κ2) is 6.43. The average Bonchev–Trinajstić information content (AvgIpc) is 2.91. The number of nitrogens with zero attached hydrogens (tertiary/aromatic N) is 3. The number of imidazole rings is 1. The molecule has 0 aliphatic carbocycles. The molecule has 0 saturated heterocycles. The summed E-state index contributed by atoms with van der Waals surface area (Å²) in [4.78, 5) is 15.0. The van der Waals surface area contributed by atoms with Crippen molar-refractivity contribution in [2.75, 3.05) is 6.54 Å². The molecule has 0 fully saturated rings. The topological polar surface area (TPSA) is 67.6 Å². The molecule has 2 N–H and O–H groups in total. The van der Waals surface area contributed by atoms with Crippen molar-refractivity contribution < 1.29 is 4.79 Å². The minimum Gasteiger partial charge on any atom is -0.356 e. The van der Waals surface area contributed by atoms with Gasteiger partial charge in [0.1, 0.15) is 5.52 Å². The van der Waals surface area contributed by atoms with Gasteiger partial charge in [0.2, 0.25) is 5.91 Å². The Morgan fingerprint density at radius 3 is 2.81 bits per heavy atom. The Bertz CT molecular complexity index is 694. The zero-order valence-electron chi connectivity index (χ0n) is 13.1. The molecule has 0 unspecified atom stereocenters. The van der Waals surface area contributed by atoms with Gasteiger partial charge < -0.3 is 14.9 Å². The Labute approximate surface area is 129 Å². The van der Waals surface area contributed by atoms with Gasteiger partial charge in [0.05, 0.1) is 5.69 Å². The van der Waals surface area contributed by atoms with Crippen LogP contribution in [0.4, 0.5) is 0 Å². The van der Waals surface area contributed by atoms with Crippen molar-refractivity contribution in [2.45, 2.75) is 40.2 Å². The van der Waals surface area contributed by atoms with Gasteiger partial charge in [0.15, 0.2) is 10.4 Å². The van der Waals surface area contributed by atoms with Gasteiger partial charge in [-0.25, -0.2) is 0 Å². The van der Waals surface area contributed by atoms with Crippen LogP contribution in [-0.4, -0.2) is 31.8 Å². The van der Waals surface area contributed by atoms with Crippen molar-refractivity contribution in [3.05, 3.63) is 10.5 Å². The molecule has 21 heavy (non-hydrogen) atoms. The quantitative estimate of drug-likeness (QED) is 0.804. The highest BCUT2D eigenvalue weighted by Crippen LogP contribution is 2.18. The summed E-state index contributed by atoms with van der Waals surface area (Å²) in [7, 11) is 1.90. The molecule has 1 amide bonds. The van der Waals surface area contributed by atoms with Crippen LogP contribution in [0, 0.1) is 10.7 Å². The highest BCUT2D eigenvalue weighted by molar-refractivity contribution is 7.71. The second-order valence-corrected chi connectivity index (χ2v) is 6.04. The maximum Gasteiger partial charge on any atom is 0.221 e. The summed E-state index contributed by atoms with van der Waals surface area (Å²) in [5.41, 5.74) is 2.93. The van der Waals surface area contributed by atoms with Crippen LogP contribution < -0.4 is 5.32 Å². The molecule has 0 atom stereocenters. The summed E-state index contributed by atoms with van der Waals surface area (Å²) in [6, 6.07) is 0. The largest absolute Gasteiger partial charge is 0.356 e. The third-order valence-corrected chi connectivity index (χ3v) is 3.75. The number of carbonyl (C=O) groups excluding carboxylic acids is 1. The van der Waals surface area contributed by atoms with Gasteiger partial charge in [-0.3, -0.25) is 9.48 Å². The van der Waals surface area contributed by atoms with Crippen LogP contribution in [0.25, 0.3) is 11.2 Å². The predicted octanol–water partition coefficient (Wildman–Crippen LogP) is 2.16. The molecule has 6 nitrogen and oxygen atoms in total. The van der Waals surface area contributed by atoms with E-state index in [-0.39, 0.29) is 5.91 Å². The standard InChI is InChI=1S/C14H23N5OS/c1-5-10-12-13(18(4)17-10)19(14(21)16-12)7-6-11(20)15-8-9(2)3/h9H,5-8H2,1-4H3,(H,15,20)(H,16,21). The number of nitrogens with one attached hydrogen (secondary N) is 2. The Hall–Kier alpha value is -1.63. The van der Waals surface area contributed by atoms with E-state index in [0.29, 0.717) is 30.2 Å². The first-order chi connectivity index (χ1) is 9.93. The number of hydrogen-bond donors (Lipinski definition) is 2. The molecule has 116 valence electrons. The first-order valence-corrected chi connectivity index (χ1v) is 7.76. The van der Waals surface area contributed by atoms with Crippen molar-refractivity contribution in [1.29, 1.82) is 0 Å². The molecule has 0 aliphatic heterocycles. The van der Waals surface area contributed by atoms with Gasteiger partial charge in [-0.1, -0.05) is 20.8 Å². The van der Waals surface area contributed by atoms with Gasteiger partial charge in [-0.2, -0.15) is 5.10 Å². The molecule has 7 heteroatoms. The number of hydrogen-bond acceptors (Lipinski definition) is 3. The normalized spacial score (nSPS) is 11.5. The van der Waals surface area contributed by atoms with Crippen LogP contribution in [-0.2, 0) is 24.8 Å². The molecule has 2 rings (SSSR count). The van der Waals surface area contributed by atoms with E-state index < -0.39 is 0 Å². The zero-order valence-corrected chi connectivity index (χ0v) is 13.9. The summed E-state index contributed by atoms with van der Waals surface area (Å²) >= 11 is 5.37. The lowest BCUT2D eigenvalue weighted by Gasteiger charge is -2.08. The van der Waals surface area contributed by atoms with Gasteiger partial charge >= 0.3 is 0 Å². The van der Waals surface area contributed by atoms with E-state index in [4.69, 9.17) is 12.2 Å². The Morgan fingerprint density at radius 1 is 1.48 bits per heavy atom. The Morgan fingerprint density at radius 2 is 2.19 bits per heavy atom. The highest BCUT2D eigenvalue weighted by Gasteiger charge is 2.14. The number of H-pyrrole nitrogens is 1. The lowest BCUT2D eigenvalue weighted by molar-refractivity contribution is -0.121. The van der Waals surface area contributed by atoms with Crippen LogP contribution in [0.5, 0.6) is 0 Å². The predicted molar refractivity (Wildman–Crippen MR) is 85.7 cm³/mol. The number of fused-ring (bicyclic) bond motifs is 1. The molecule has 2 aromatic rings. The lowest BCUT2D eigenvalue weighted by atomic mass is 10.2. The first-order valence-electron chi connectivity index (χ1n) is 7.35. The molecule has 0 spiro atoms. The van der Waals surface area contributed by atoms with Crippen LogP contribution >= 0.6 is 12.2 Å². The van der Waals surface area contributed by atoms with E-state index in [1.807, 2.05) is 16.3 Å². The molecule has 2 aromatic heterocycles. The van der Waals surface area contributed by atoms with Crippen LogP contribution in [0.15, 0.2) is 0 Å². The SMILES string of the molecule is CCc1nn(C)c2c1[nH]c(=S)n2CCC(=O)NCC(C)C. The van der Waals surface area contributed by atoms with Gasteiger partial charge in [-0.15, -0.1) is 0 Å². The molecule has 0 aliphatic rings. The maximum absolute atomic E-state index is 11.8. The molecular formula is C14H23N5OS. The Balaban J connectivity index is 2.15. The number of aromatic amines is 1. The van der Waals surface area contributed by atoms with Crippen molar-refractivity contribution in [3.8, 4) is 0 Å². The van der Waals surface area contributed by atoms with Gasteiger partial charge in [0.25, 0.3) is 0 Å². The molecular weight excluding hydrogens is 286 g/mol. The van der Waals surface area contributed by atoms with Crippen molar-refractivity contribution >= 4 is 29.3 Å². The van der Waals surface area contributed by atoms with E-state index in [2.05, 4.69) is 36.2 Å². The minimum atomic E-state index is 0.0535. The van der Waals surface area contributed by atoms with Crippen molar-refractivity contribution in [2.24, 2.45) is 13.0 Å². The van der Waals surface area contributed by atoms with E-state index >= 15 is 0 Å². The van der Waals surface area contributed by atoms with E-state index in [0.717, 1.165) is 23.3 Å².